The first-order chi connectivity index (χ1) is 13.1. The van der Waals surface area contributed by atoms with Gasteiger partial charge in [0.25, 0.3) is 5.91 Å². The van der Waals surface area contributed by atoms with E-state index in [1.54, 1.807) is 7.11 Å². The molecule has 0 unspecified atom stereocenters. The first kappa shape index (κ1) is 19.6. The highest BCUT2D eigenvalue weighted by molar-refractivity contribution is 5.94. The van der Waals surface area contributed by atoms with Crippen LogP contribution in [0.25, 0.3) is 0 Å². The number of nitrogens with zero attached hydrogens (tertiary/aromatic N) is 1. The predicted molar refractivity (Wildman–Crippen MR) is 108 cm³/mol. The summed E-state index contributed by atoms with van der Waals surface area (Å²) < 4.78 is 5.13. The summed E-state index contributed by atoms with van der Waals surface area (Å²) in [6.45, 7) is 6.80. The number of nitrogens with one attached hydrogen (secondary N) is 1. The summed E-state index contributed by atoms with van der Waals surface area (Å²) in [4.78, 5) is 14.9. The van der Waals surface area contributed by atoms with E-state index >= 15 is 0 Å². The lowest BCUT2D eigenvalue weighted by Gasteiger charge is -2.30. The molecule has 0 aromatic heterocycles. The van der Waals surface area contributed by atoms with Gasteiger partial charge in [-0.2, -0.15) is 0 Å². The fourth-order valence-electron chi connectivity index (χ4n) is 3.49. The fraction of sp³-hybridized carbons (Fsp3) is 0.435. The smallest absolute Gasteiger partial charge is 0.251 e. The van der Waals surface area contributed by atoms with E-state index in [1.165, 1.54) is 31.5 Å². The summed E-state index contributed by atoms with van der Waals surface area (Å²) >= 11 is 0. The summed E-state index contributed by atoms with van der Waals surface area (Å²) in [5.41, 5.74) is 4.13. The van der Waals surface area contributed by atoms with Gasteiger partial charge < -0.3 is 10.1 Å². The van der Waals surface area contributed by atoms with Crippen LogP contribution >= 0.6 is 0 Å². The zero-order valence-electron chi connectivity index (χ0n) is 16.4. The molecule has 0 radical (unpaired) electrons. The lowest BCUT2D eigenvalue weighted by Crippen LogP contribution is -2.32. The van der Waals surface area contributed by atoms with Gasteiger partial charge >= 0.3 is 0 Å². The van der Waals surface area contributed by atoms with Crippen molar-refractivity contribution in [1.29, 1.82) is 0 Å². The molecular weight excluding hydrogens is 336 g/mol. The number of hydrogen-bond donors (Lipinski definition) is 1. The quantitative estimate of drug-likeness (QED) is 0.805. The van der Waals surface area contributed by atoms with Gasteiger partial charge in [0.15, 0.2) is 0 Å². The molecule has 1 amide bonds. The van der Waals surface area contributed by atoms with Gasteiger partial charge in [0, 0.05) is 25.8 Å². The molecule has 4 heteroatoms. The molecule has 144 valence electrons. The van der Waals surface area contributed by atoms with Gasteiger partial charge in [-0.3, -0.25) is 9.69 Å². The molecule has 1 aliphatic rings. The lowest BCUT2D eigenvalue weighted by molar-refractivity contribution is 0.0950. The van der Waals surface area contributed by atoms with Crippen molar-refractivity contribution in [2.75, 3.05) is 20.2 Å². The van der Waals surface area contributed by atoms with Crippen molar-refractivity contribution in [2.24, 2.45) is 5.92 Å². The van der Waals surface area contributed by atoms with E-state index < -0.39 is 0 Å². The van der Waals surface area contributed by atoms with Crippen LogP contribution in [0.5, 0.6) is 0 Å². The Hall–Kier alpha value is -2.17. The second kappa shape index (κ2) is 9.67. The van der Waals surface area contributed by atoms with E-state index in [4.69, 9.17) is 4.74 Å². The minimum atomic E-state index is -0.0560. The van der Waals surface area contributed by atoms with Crippen LogP contribution in [0.1, 0.15) is 46.8 Å². The number of ether oxygens (including phenoxy) is 1. The number of benzene rings is 2. The monoisotopic (exact) mass is 366 g/mol. The topological polar surface area (TPSA) is 41.6 Å². The molecule has 1 aliphatic heterocycles. The fourth-order valence-corrected chi connectivity index (χ4v) is 3.49. The van der Waals surface area contributed by atoms with Gasteiger partial charge in [-0.05, 0) is 60.7 Å². The maximum Gasteiger partial charge on any atom is 0.251 e. The largest absolute Gasteiger partial charge is 0.380 e. The van der Waals surface area contributed by atoms with Crippen LogP contribution < -0.4 is 5.32 Å². The van der Waals surface area contributed by atoms with Crippen molar-refractivity contribution in [3.63, 3.8) is 0 Å². The van der Waals surface area contributed by atoms with E-state index in [1.807, 2.05) is 24.3 Å². The van der Waals surface area contributed by atoms with E-state index in [2.05, 4.69) is 41.4 Å². The number of carbonyl (C=O) groups is 1. The number of methoxy groups -OCH3 is 1. The predicted octanol–water partition coefficient (Wildman–Crippen LogP) is 3.99. The lowest BCUT2D eigenvalue weighted by atomic mass is 9.99. The van der Waals surface area contributed by atoms with Gasteiger partial charge in [0.2, 0.25) is 0 Å². The number of likely N-dealkylation sites (tertiary alicyclic amines) is 1. The van der Waals surface area contributed by atoms with Crippen molar-refractivity contribution < 1.29 is 9.53 Å². The Labute approximate surface area is 162 Å². The Morgan fingerprint density at radius 1 is 1.07 bits per heavy atom. The molecule has 4 nitrogen and oxygen atoms in total. The number of hydrogen-bond acceptors (Lipinski definition) is 3. The van der Waals surface area contributed by atoms with Crippen molar-refractivity contribution in [2.45, 2.75) is 39.5 Å². The molecular formula is C23H30N2O2. The van der Waals surface area contributed by atoms with Crippen LogP contribution in [0.4, 0.5) is 0 Å². The minimum absolute atomic E-state index is 0.0560. The second-order valence-electron chi connectivity index (χ2n) is 7.59. The molecule has 1 fully saturated rings. The molecule has 27 heavy (non-hydrogen) atoms. The number of piperidine rings is 1. The van der Waals surface area contributed by atoms with Crippen molar-refractivity contribution in [1.82, 2.24) is 10.2 Å². The number of carbonyl (C=O) groups excluding carboxylic acids is 1. The van der Waals surface area contributed by atoms with Crippen molar-refractivity contribution in [3.8, 4) is 0 Å². The third kappa shape index (κ3) is 5.91. The summed E-state index contributed by atoms with van der Waals surface area (Å²) in [6.07, 6.45) is 2.60. The molecule has 0 saturated carbocycles. The van der Waals surface area contributed by atoms with E-state index in [9.17, 15) is 4.79 Å². The second-order valence-corrected chi connectivity index (χ2v) is 7.59. The Morgan fingerprint density at radius 3 is 2.48 bits per heavy atom. The maximum absolute atomic E-state index is 12.4. The zero-order valence-corrected chi connectivity index (χ0v) is 16.4. The average molecular weight is 367 g/mol. The molecule has 1 saturated heterocycles. The SMILES string of the molecule is COCc1cccc(C(=O)NCc2ccc(CN3CCC(C)CC3)cc2)c1. The van der Waals surface area contributed by atoms with Crippen LogP contribution in [0, 0.1) is 5.92 Å². The zero-order chi connectivity index (χ0) is 19.1. The Balaban J connectivity index is 1.49. The molecule has 0 spiro atoms. The van der Waals surface area contributed by atoms with Gasteiger partial charge in [-0.25, -0.2) is 0 Å². The maximum atomic E-state index is 12.4. The van der Waals surface area contributed by atoms with E-state index in [-0.39, 0.29) is 5.91 Å². The molecule has 3 rings (SSSR count). The first-order valence-corrected chi connectivity index (χ1v) is 9.80. The third-order valence-corrected chi connectivity index (χ3v) is 5.26. The van der Waals surface area contributed by atoms with Crippen LogP contribution in [0.3, 0.4) is 0 Å². The molecule has 1 heterocycles. The Kier molecular flexibility index (Phi) is 7.02. The highest BCUT2D eigenvalue weighted by Crippen LogP contribution is 2.18. The molecule has 0 bridgehead atoms. The molecule has 0 atom stereocenters. The van der Waals surface area contributed by atoms with Crippen LogP contribution in [-0.2, 0) is 24.4 Å². The average Bonchev–Trinajstić information content (AvgIpc) is 2.69. The van der Waals surface area contributed by atoms with E-state index in [0.29, 0.717) is 18.7 Å². The third-order valence-electron chi connectivity index (χ3n) is 5.26. The van der Waals surface area contributed by atoms with Gasteiger partial charge in [-0.15, -0.1) is 0 Å². The summed E-state index contributed by atoms with van der Waals surface area (Å²) in [6, 6.07) is 16.1. The minimum Gasteiger partial charge on any atom is -0.380 e. The Bertz CT molecular complexity index is 734. The molecule has 2 aromatic carbocycles. The molecule has 2 aromatic rings. The van der Waals surface area contributed by atoms with Crippen LogP contribution in [0.15, 0.2) is 48.5 Å². The van der Waals surface area contributed by atoms with Gasteiger partial charge in [0.1, 0.15) is 0 Å². The van der Waals surface area contributed by atoms with Crippen molar-refractivity contribution >= 4 is 5.91 Å². The number of amides is 1. The summed E-state index contributed by atoms with van der Waals surface area (Å²) in [5.74, 6) is 0.807. The summed E-state index contributed by atoms with van der Waals surface area (Å²) in [7, 11) is 1.65. The highest BCUT2D eigenvalue weighted by Gasteiger charge is 2.15. The molecule has 1 N–H and O–H groups in total. The van der Waals surface area contributed by atoms with Crippen LogP contribution in [-0.4, -0.2) is 31.0 Å². The van der Waals surface area contributed by atoms with Gasteiger partial charge in [0.05, 0.1) is 6.61 Å². The normalized spacial score (nSPS) is 15.6. The Morgan fingerprint density at radius 2 is 1.78 bits per heavy atom. The summed E-state index contributed by atoms with van der Waals surface area (Å²) in [5, 5.41) is 3.00. The van der Waals surface area contributed by atoms with Gasteiger partial charge in [-0.1, -0.05) is 43.3 Å². The first-order valence-electron chi connectivity index (χ1n) is 9.80. The van der Waals surface area contributed by atoms with Crippen LogP contribution in [0.2, 0.25) is 0 Å². The standard InChI is InChI=1S/C23H30N2O2/c1-18-10-12-25(13-11-18)16-20-8-6-19(7-9-20)15-24-23(26)22-5-3-4-21(14-22)17-27-2/h3-9,14,18H,10-13,15-17H2,1-2H3,(H,24,26). The molecule has 0 aliphatic carbocycles. The highest BCUT2D eigenvalue weighted by atomic mass is 16.5. The van der Waals surface area contributed by atoms with Crippen molar-refractivity contribution in [3.05, 3.63) is 70.8 Å². The number of rotatable bonds is 7. The van der Waals surface area contributed by atoms with E-state index in [0.717, 1.165) is 23.6 Å².